The van der Waals surface area contributed by atoms with Gasteiger partial charge in [0.25, 0.3) is 0 Å². The van der Waals surface area contributed by atoms with Crippen LogP contribution < -0.4 is 4.90 Å². The first kappa shape index (κ1) is 24.8. The second-order valence-corrected chi connectivity index (χ2v) is 15.8. The molecule has 1 aromatic carbocycles. The predicted molar refractivity (Wildman–Crippen MR) is 144 cm³/mol. The van der Waals surface area contributed by atoms with Crippen molar-refractivity contribution < 1.29 is 17.6 Å². The molecule has 0 saturated heterocycles. The summed E-state index contributed by atoms with van der Waals surface area (Å²) in [7, 11) is -1.31. The third kappa shape index (κ3) is 3.96. The van der Waals surface area contributed by atoms with Gasteiger partial charge in [-0.3, -0.25) is 9.48 Å². The molecule has 4 bridgehead atoms. The van der Waals surface area contributed by atoms with E-state index in [9.17, 15) is 17.6 Å². The summed E-state index contributed by atoms with van der Waals surface area (Å²) in [4.78, 5) is 15.9. The standard InChI is InChI=1S/C30H38FN3O3S/c1-33-25(15-24(32-33)21-6-7-21)29-11-8-27(9-12-29,10-13-29)20-34(22-4-3-5-23(14-22)38(2,36)37)26(35)16-28-17-30(31,18-28)19-28/h3-5,14-15,21H,6-13,16-20H2,1-2H3. The number of fused-ring (bicyclic) bond motifs is 3. The summed E-state index contributed by atoms with van der Waals surface area (Å²) in [6.45, 7) is 0.602. The number of hydrogen-bond donors (Lipinski definition) is 0. The lowest BCUT2D eigenvalue weighted by Crippen LogP contribution is -2.65. The fourth-order valence-electron chi connectivity index (χ4n) is 8.45. The topological polar surface area (TPSA) is 72.3 Å². The molecule has 7 aliphatic rings. The third-order valence-electron chi connectivity index (χ3n) is 10.8. The monoisotopic (exact) mass is 539 g/mol. The van der Waals surface area contributed by atoms with E-state index < -0.39 is 15.5 Å². The number of hydrogen-bond acceptors (Lipinski definition) is 4. The molecule has 0 radical (unpaired) electrons. The van der Waals surface area contributed by atoms with E-state index in [1.54, 1.807) is 18.2 Å². The number of benzene rings is 1. The zero-order valence-electron chi connectivity index (χ0n) is 22.5. The Hall–Kier alpha value is -2.22. The highest BCUT2D eigenvalue weighted by atomic mass is 32.2. The lowest BCUT2D eigenvalue weighted by Gasteiger charge is -2.66. The summed E-state index contributed by atoms with van der Waals surface area (Å²) in [6.07, 6.45) is 12.0. The van der Waals surface area contributed by atoms with Gasteiger partial charge in [-0.15, -0.1) is 0 Å². The van der Waals surface area contributed by atoms with E-state index in [1.807, 2.05) is 11.0 Å². The van der Waals surface area contributed by atoms with Crippen LogP contribution in [0.3, 0.4) is 0 Å². The summed E-state index contributed by atoms with van der Waals surface area (Å²) >= 11 is 0. The highest BCUT2D eigenvalue weighted by molar-refractivity contribution is 7.90. The molecule has 7 aliphatic carbocycles. The Labute approximate surface area is 224 Å². The second-order valence-electron chi connectivity index (χ2n) is 13.7. The third-order valence-corrected chi connectivity index (χ3v) is 11.9. The number of nitrogens with zero attached hydrogens (tertiary/aromatic N) is 3. The second kappa shape index (κ2) is 7.92. The van der Waals surface area contributed by atoms with Gasteiger partial charge in [-0.25, -0.2) is 12.8 Å². The molecule has 1 amide bonds. The van der Waals surface area contributed by atoms with Crippen LogP contribution in [0, 0.1) is 10.8 Å². The first-order chi connectivity index (χ1) is 17.9. The van der Waals surface area contributed by atoms with Gasteiger partial charge in [0.05, 0.1) is 10.6 Å². The fourth-order valence-corrected chi connectivity index (χ4v) is 9.12. The summed E-state index contributed by atoms with van der Waals surface area (Å²) in [6, 6.07) is 9.19. The molecular weight excluding hydrogens is 501 g/mol. The number of carbonyl (C=O) groups is 1. The normalized spacial score (nSPS) is 35.4. The van der Waals surface area contributed by atoms with E-state index in [2.05, 4.69) is 17.8 Å². The maximum absolute atomic E-state index is 14.2. The molecule has 6 nitrogen and oxygen atoms in total. The van der Waals surface area contributed by atoms with Gasteiger partial charge in [0.1, 0.15) is 5.67 Å². The van der Waals surface area contributed by atoms with Gasteiger partial charge in [-0.2, -0.15) is 5.10 Å². The number of halogens is 1. The van der Waals surface area contributed by atoms with Crippen molar-refractivity contribution in [3.63, 3.8) is 0 Å². The van der Waals surface area contributed by atoms with Crippen LogP contribution in [0.15, 0.2) is 35.2 Å². The molecule has 9 rings (SSSR count). The van der Waals surface area contributed by atoms with Crippen LogP contribution in [0.25, 0.3) is 0 Å². The smallest absolute Gasteiger partial charge is 0.227 e. The number of aromatic nitrogens is 2. The molecule has 1 heterocycles. The van der Waals surface area contributed by atoms with Gasteiger partial charge in [0.15, 0.2) is 9.84 Å². The van der Waals surface area contributed by atoms with E-state index in [0.29, 0.717) is 43.8 Å². The maximum atomic E-state index is 14.2. The molecule has 8 heteroatoms. The average Bonchev–Trinajstić information content (AvgIpc) is 3.63. The van der Waals surface area contributed by atoms with E-state index in [4.69, 9.17) is 5.10 Å². The van der Waals surface area contributed by atoms with Crippen LogP contribution in [0.1, 0.15) is 94.4 Å². The van der Waals surface area contributed by atoms with Crippen LogP contribution >= 0.6 is 0 Å². The summed E-state index contributed by atoms with van der Waals surface area (Å²) in [5.74, 6) is 0.656. The van der Waals surface area contributed by atoms with E-state index in [0.717, 1.165) is 38.5 Å². The minimum atomic E-state index is -3.40. The van der Waals surface area contributed by atoms with E-state index >= 15 is 0 Å². The molecule has 0 N–H and O–H groups in total. The minimum absolute atomic E-state index is 0.00916. The Morgan fingerprint density at radius 2 is 1.71 bits per heavy atom. The van der Waals surface area contributed by atoms with Crippen LogP contribution in [0.4, 0.5) is 10.1 Å². The summed E-state index contributed by atoms with van der Waals surface area (Å²) in [5.41, 5.74) is 2.25. The quantitative estimate of drug-likeness (QED) is 0.437. The summed E-state index contributed by atoms with van der Waals surface area (Å²) < 4.78 is 41.0. The van der Waals surface area contributed by atoms with Crippen molar-refractivity contribution in [1.82, 2.24) is 9.78 Å². The minimum Gasteiger partial charge on any atom is -0.312 e. The SMILES string of the molecule is Cn1nc(C2CC2)cc1C12CCC(CN(C(=O)CC34CC(F)(C3)C4)c3cccc(S(C)(=O)=O)c3)(CC1)CC2. The molecule has 1 aromatic heterocycles. The molecule has 0 atom stereocenters. The number of alkyl halides is 1. The Morgan fingerprint density at radius 1 is 1.05 bits per heavy atom. The zero-order chi connectivity index (χ0) is 26.6. The van der Waals surface area contributed by atoms with Crippen LogP contribution in [-0.4, -0.2) is 42.6 Å². The first-order valence-corrected chi connectivity index (χ1v) is 16.1. The van der Waals surface area contributed by atoms with E-state index in [-0.39, 0.29) is 27.0 Å². The van der Waals surface area contributed by atoms with Gasteiger partial charge in [0, 0.05) is 49.0 Å². The maximum Gasteiger partial charge on any atom is 0.227 e. The first-order valence-electron chi connectivity index (χ1n) is 14.3. The van der Waals surface area contributed by atoms with Crippen molar-refractivity contribution in [3.8, 4) is 0 Å². The Kier molecular flexibility index (Phi) is 5.17. The number of rotatable bonds is 8. The Bertz CT molecular complexity index is 1380. The van der Waals surface area contributed by atoms with Crippen LogP contribution in [0.2, 0.25) is 0 Å². The van der Waals surface area contributed by atoms with Crippen molar-refractivity contribution >= 4 is 21.4 Å². The number of carbonyl (C=O) groups excluding carboxylic acids is 1. The molecule has 204 valence electrons. The lowest BCUT2D eigenvalue weighted by atomic mass is 9.41. The summed E-state index contributed by atoms with van der Waals surface area (Å²) in [5, 5.41) is 4.86. The van der Waals surface area contributed by atoms with Gasteiger partial charge >= 0.3 is 0 Å². The Balaban J connectivity index is 1.14. The van der Waals surface area contributed by atoms with Crippen molar-refractivity contribution in [2.75, 3.05) is 17.7 Å². The molecule has 0 spiro atoms. The van der Waals surface area contributed by atoms with Crippen molar-refractivity contribution in [2.45, 2.75) is 98.9 Å². The fraction of sp³-hybridized carbons (Fsp3) is 0.667. The number of amides is 1. The van der Waals surface area contributed by atoms with Gasteiger partial charge in [0.2, 0.25) is 5.91 Å². The average molecular weight is 540 g/mol. The molecule has 7 saturated carbocycles. The van der Waals surface area contributed by atoms with Gasteiger partial charge in [-0.05, 0) is 106 Å². The molecule has 7 fully saturated rings. The van der Waals surface area contributed by atoms with Gasteiger partial charge in [-0.1, -0.05) is 6.07 Å². The largest absolute Gasteiger partial charge is 0.312 e. The lowest BCUT2D eigenvalue weighted by molar-refractivity contribution is -0.215. The molecule has 0 unspecified atom stereocenters. The number of anilines is 1. The van der Waals surface area contributed by atoms with Crippen molar-refractivity contribution in [1.29, 1.82) is 0 Å². The predicted octanol–water partition coefficient (Wildman–Crippen LogP) is 5.61. The van der Waals surface area contributed by atoms with Crippen molar-refractivity contribution in [2.24, 2.45) is 17.9 Å². The number of aryl methyl sites for hydroxylation is 1. The van der Waals surface area contributed by atoms with Crippen LogP contribution in [-0.2, 0) is 27.1 Å². The molecule has 38 heavy (non-hydrogen) atoms. The number of sulfone groups is 1. The molecular formula is C30H38FN3O3S. The van der Waals surface area contributed by atoms with E-state index in [1.165, 1.54) is 30.5 Å². The zero-order valence-corrected chi connectivity index (χ0v) is 23.3. The molecule has 2 aromatic rings. The van der Waals surface area contributed by atoms with Crippen molar-refractivity contribution in [3.05, 3.63) is 41.7 Å². The molecule has 0 aliphatic heterocycles. The van der Waals surface area contributed by atoms with Gasteiger partial charge < -0.3 is 4.90 Å². The Morgan fingerprint density at radius 3 is 2.29 bits per heavy atom. The van der Waals surface area contributed by atoms with Crippen LogP contribution in [0.5, 0.6) is 0 Å². The highest BCUT2D eigenvalue weighted by Crippen LogP contribution is 2.71. The highest BCUT2D eigenvalue weighted by Gasteiger charge is 2.69.